The molecule has 0 spiro atoms. The molecule has 0 saturated carbocycles. The van der Waals surface area contributed by atoms with E-state index in [1.165, 1.54) is 6.92 Å². The average molecular weight is 253 g/mol. The van der Waals surface area contributed by atoms with Crippen LogP contribution in [0.25, 0.3) is 0 Å². The average Bonchev–Trinajstić information content (AvgIpc) is 2.36. The minimum atomic E-state index is -2.57. The first-order valence-electron chi connectivity index (χ1n) is 5.72. The lowest BCUT2D eigenvalue weighted by molar-refractivity contribution is -0.132. The van der Waals surface area contributed by atoms with Crippen molar-refractivity contribution in [1.82, 2.24) is 4.90 Å². The number of alkyl halides is 2. The minimum absolute atomic E-state index is 0.163. The van der Waals surface area contributed by atoms with E-state index in [4.69, 9.17) is 0 Å². The van der Waals surface area contributed by atoms with E-state index in [-0.39, 0.29) is 6.54 Å². The number of nitrogens with zero attached hydrogens (tertiary/aromatic N) is 1. The van der Waals surface area contributed by atoms with E-state index in [2.05, 4.69) is 6.58 Å². The second-order valence-corrected chi connectivity index (χ2v) is 4.23. The lowest BCUT2D eigenvalue weighted by Gasteiger charge is -2.27. The molecule has 0 radical (unpaired) electrons. The van der Waals surface area contributed by atoms with Crippen molar-refractivity contribution in [2.24, 2.45) is 0 Å². The third-order valence-electron chi connectivity index (χ3n) is 2.79. The number of aryl methyl sites for hydroxylation is 1. The van der Waals surface area contributed by atoms with Gasteiger partial charge in [0.25, 0.3) is 6.43 Å². The van der Waals surface area contributed by atoms with Gasteiger partial charge in [0, 0.05) is 6.54 Å². The quantitative estimate of drug-likeness (QED) is 0.738. The molecule has 0 unspecified atom stereocenters. The standard InChI is InChI=1S/C14H17F2NO/c1-4-13(18)17(11(3)14(15)16)9-12-7-5-10(2)6-8-12/h4-8,11,14H,1,9H2,2-3H3/t11-/m1/s1. The highest BCUT2D eigenvalue weighted by molar-refractivity contribution is 5.87. The fourth-order valence-electron chi connectivity index (χ4n) is 1.57. The van der Waals surface area contributed by atoms with Gasteiger partial charge in [0.1, 0.15) is 0 Å². The van der Waals surface area contributed by atoms with E-state index in [0.29, 0.717) is 0 Å². The topological polar surface area (TPSA) is 20.3 Å². The van der Waals surface area contributed by atoms with Crippen LogP contribution >= 0.6 is 0 Å². The van der Waals surface area contributed by atoms with E-state index in [9.17, 15) is 13.6 Å². The fourth-order valence-corrected chi connectivity index (χ4v) is 1.57. The Morgan fingerprint density at radius 2 is 1.94 bits per heavy atom. The van der Waals surface area contributed by atoms with Crippen LogP contribution in [0.5, 0.6) is 0 Å². The second-order valence-electron chi connectivity index (χ2n) is 4.23. The molecule has 0 saturated heterocycles. The van der Waals surface area contributed by atoms with Gasteiger partial charge in [-0.1, -0.05) is 36.4 Å². The molecule has 0 aromatic heterocycles. The van der Waals surface area contributed by atoms with Gasteiger partial charge in [0.2, 0.25) is 5.91 Å². The maximum atomic E-state index is 12.7. The van der Waals surface area contributed by atoms with Crippen molar-refractivity contribution in [2.45, 2.75) is 32.9 Å². The summed E-state index contributed by atoms with van der Waals surface area (Å²) in [6.07, 6.45) is -1.51. The molecule has 0 aliphatic carbocycles. The Hall–Kier alpha value is -1.71. The minimum Gasteiger partial charge on any atom is -0.326 e. The van der Waals surface area contributed by atoms with Crippen LogP contribution in [-0.4, -0.2) is 23.3 Å². The van der Waals surface area contributed by atoms with Crippen LogP contribution in [0.4, 0.5) is 8.78 Å². The summed E-state index contributed by atoms with van der Waals surface area (Å²) < 4.78 is 25.4. The van der Waals surface area contributed by atoms with Gasteiger partial charge < -0.3 is 4.90 Å². The summed E-state index contributed by atoms with van der Waals surface area (Å²) in [6.45, 7) is 6.78. The molecule has 2 nitrogen and oxygen atoms in total. The maximum absolute atomic E-state index is 12.7. The van der Waals surface area contributed by atoms with Gasteiger partial charge in [-0.25, -0.2) is 8.78 Å². The first-order chi connectivity index (χ1) is 8.45. The number of hydrogen-bond acceptors (Lipinski definition) is 1. The smallest absolute Gasteiger partial charge is 0.258 e. The van der Waals surface area contributed by atoms with Crippen LogP contribution in [0.1, 0.15) is 18.1 Å². The van der Waals surface area contributed by atoms with Gasteiger partial charge in [0.15, 0.2) is 0 Å². The van der Waals surface area contributed by atoms with Gasteiger partial charge in [-0.2, -0.15) is 0 Å². The number of halogens is 2. The summed E-state index contributed by atoms with van der Waals surface area (Å²) in [5.41, 5.74) is 1.91. The number of amides is 1. The molecule has 0 N–H and O–H groups in total. The molecule has 1 aromatic carbocycles. The summed E-state index contributed by atoms with van der Waals surface area (Å²) in [4.78, 5) is 12.7. The predicted molar refractivity (Wildman–Crippen MR) is 67.4 cm³/mol. The molecular weight excluding hydrogens is 236 g/mol. The summed E-state index contributed by atoms with van der Waals surface area (Å²) in [5.74, 6) is -0.483. The Bertz CT molecular complexity index is 414. The summed E-state index contributed by atoms with van der Waals surface area (Å²) in [7, 11) is 0. The zero-order valence-corrected chi connectivity index (χ0v) is 10.6. The molecule has 0 heterocycles. The molecule has 0 aliphatic rings. The van der Waals surface area contributed by atoms with Gasteiger partial charge in [0.05, 0.1) is 6.04 Å². The number of carbonyl (C=O) groups is 1. The van der Waals surface area contributed by atoms with Crippen LogP contribution in [0, 0.1) is 6.92 Å². The molecule has 18 heavy (non-hydrogen) atoms. The predicted octanol–water partition coefficient (Wildman–Crippen LogP) is 3.16. The highest BCUT2D eigenvalue weighted by Gasteiger charge is 2.25. The number of rotatable bonds is 5. The van der Waals surface area contributed by atoms with Gasteiger partial charge >= 0.3 is 0 Å². The van der Waals surface area contributed by atoms with Gasteiger partial charge in [-0.05, 0) is 25.5 Å². The molecule has 1 amide bonds. The van der Waals surface area contributed by atoms with Crippen LogP contribution in [0.3, 0.4) is 0 Å². The molecule has 0 fully saturated rings. The number of benzene rings is 1. The van der Waals surface area contributed by atoms with Crippen molar-refractivity contribution >= 4 is 5.91 Å². The van der Waals surface area contributed by atoms with Crippen LogP contribution < -0.4 is 0 Å². The number of hydrogen-bond donors (Lipinski definition) is 0. The van der Waals surface area contributed by atoms with Crippen molar-refractivity contribution in [1.29, 1.82) is 0 Å². The fraction of sp³-hybridized carbons (Fsp3) is 0.357. The van der Waals surface area contributed by atoms with Crippen LogP contribution in [-0.2, 0) is 11.3 Å². The third kappa shape index (κ3) is 3.65. The van der Waals surface area contributed by atoms with Crippen molar-refractivity contribution < 1.29 is 13.6 Å². The molecular formula is C14H17F2NO. The van der Waals surface area contributed by atoms with Gasteiger partial charge in [-0.15, -0.1) is 0 Å². The molecule has 1 rings (SSSR count). The van der Waals surface area contributed by atoms with E-state index >= 15 is 0 Å². The van der Waals surface area contributed by atoms with E-state index < -0.39 is 18.4 Å². The summed E-state index contributed by atoms with van der Waals surface area (Å²) >= 11 is 0. The molecule has 0 bridgehead atoms. The SMILES string of the molecule is C=CC(=O)N(Cc1ccc(C)cc1)[C@H](C)C(F)F. The summed E-state index contributed by atoms with van der Waals surface area (Å²) in [5, 5.41) is 0. The Balaban J connectivity index is 2.87. The highest BCUT2D eigenvalue weighted by Crippen LogP contribution is 2.15. The van der Waals surface area contributed by atoms with Gasteiger partial charge in [-0.3, -0.25) is 4.79 Å². The zero-order valence-electron chi connectivity index (χ0n) is 10.6. The zero-order chi connectivity index (χ0) is 13.7. The Labute approximate surface area is 106 Å². The Morgan fingerprint density at radius 1 is 1.39 bits per heavy atom. The van der Waals surface area contributed by atoms with E-state index in [1.807, 2.05) is 31.2 Å². The second kappa shape index (κ2) is 6.28. The van der Waals surface area contributed by atoms with Crippen molar-refractivity contribution in [2.75, 3.05) is 0 Å². The summed E-state index contributed by atoms with van der Waals surface area (Å²) in [6, 6.07) is 6.31. The lowest BCUT2D eigenvalue weighted by Crippen LogP contribution is -2.41. The monoisotopic (exact) mass is 253 g/mol. The molecule has 1 atom stereocenters. The molecule has 1 aromatic rings. The third-order valence-corrected chi connectivity index (χ3v) is 2.79. The van der Waals surface area contributed by atoms with E-state index in [1.54, 1.807) is 0 Å². The van der Waals surface area contributed by atoms with Crippen LogP contribution in [0.15, 0.2) is 36.9 Å². The molecule has 4 heteroatoms. The van der Waals surface area contributed by atoms with Crippen molar-refractivity contribution in [3.05, 3.63) is 48.0 Å². The molecule has 98 valence electrons. The largest absolute Gasteiger partial charge is 0.326 e. The highest BCUT2D eigenvalue weighted by atomic mass is 19.3. The first-order valence-corrected chi connectivity index (χ1v) is 5.72. The lowest BCUT2D eigenvalue weighted by atomic mass is 10.1. The Kier molecular flexibility index (Phi) is 5.01. The first kappa shape index (κ1) is 14.4. The number of carbonyl (C=O) groups excluding carboxylic acids is 1. The maximum Gasteiger partial charge on any atom is 0.258 e. The van der Waals surface area contributed by atoms with Crippen LogP contribution in [0.2, 0.25) is 0 Å². The molecule has 0 aliphatic heterocycles. The normalized spacial score (nSPS) is 12.3. The van der Waals surface area contributed by atoms with E-state index in [0.717, 1.165) is 22.1 Å². The van der Waals surface area contributed by atoms with Crippen molar-refractivity contribution in [3.63, 3.8) is 0 Å². The Morgan fingerprint density at radius 3 is 2.39 bits per heavy atom. The van der Waals surface area contributed by atoms with Crippen molar-refractivity contribution in [3.8, 4) is 0 Å².